The zero-order chi connectivity index (χ0) is 46.3. The smallest absolute Gasteiger partial charge is 0.356 e. The van der Waals surface area contributed by atoms with Gasteiger partial charge in [0.15, 0.2) is 11.3 Å². The summed E-state index contributed by atoms with van der Waals surface area (Å²) in [5.41, 5.74) is 5.66. The van der Waals surface area contributed by atoms with E-state index < -0.39 is 29.1 Å². The van der Waals surface area contributed by atoms with Crippen LogP contribution in [0.2, 0.25) is 0 Å². The molecule has 8 aromatic rings. The summed E-state index contributed by atoms with van der Waals surface area (Å²) in [6.07, 6.45) is 15.2. The van der Waals surface area contributed by atoms with Gasteiger partial charge in [-0.2, -0.15) is 0 Å². The summed E-state index contributed by atoms with van der Waals surface area (Å²) in [5.74, 6) is -1.89. The van der Waals surface area contributed by atoms with Crippen LogP contribution in [0, 0.1) is 5.82 Å². The fraction of sp³-hybridized carbons (Fsp3) is 0.314. The summed E-state index contributed by atoms with van der Waals surface area (Å²) in [6, 6.07) is 26.6. The van der Waals surface area contributed by atoms with Crippen molar-refractivity contribution in [3.8, 4) is 16.8 Å². The Bertz CT molecular complexity index is 3280. The molecular formula is C51H51FN10O5. The molecule has 2 aromatic carbocycles. The first-order valence-corrected chi connectivity index (χ1v) is 22.9. The van der Waals surface area contributed by atoms with Gasteiger partial charge in [-0.1, -0.05) is 54.6 Å². The number of rotatable bonds is 8. The number of hydrogen-bond donors (Lipinski definition) is 2. The largest absolute Gasteiger partial charge is 0.476 e. The molecule has 2 unspecified atom stereocenters. The van der Waals surface area contributed by atoms with Crippen LogP contribution in [0.15, 0.2) is 126 Å². The van der Waals surface area contributed by atoms with Gasteiger partial charge in [0.1, 0.15) is 22.8 Å². The van der Waals surface area contributed by atoms with Crippen LogP contribution < -0.4 is 16.6 Å². The van der Waals surface area contributed by atoms with E-state index in [0.29, 0.717) is 60.4 Å². The Morgan fingerprint density at radius 3 is 1.93 bits per heavy atom. The maximum atomic E-state index is 14.5. The molecular weight excluding hydrogens is 852 g/mol. The molecule has 8 heterocycles. The molecule has 3 fully saturated rings. The van der Waals surface area contributed by atoms with Crippen LogP contribution in [0.25, 0.3) is 39.1 Å². The minimum absolute atomic E-state index is 0.0368. The van der Waals surface area contributed by atoms with Gasteiger partial charge in [0, 0.05) is 49.0 Å². The predicted molar refractivity (Wildman–Crippen MR) is 252 cm³/mol. The van der Waals surface area contributed by atoms with E-state index in [1.807, 2.05) is 77.3 Å². The summed E-state index contributed by atoms with van der Waals surface area (Å²) < 4.78 is 20.8. The van der Waals surface area contributed by atoms with Gasteiger partial charge in [0.05, 0.1) is 17.3 Å². The highest BCUT2D eigenvalue weighted by Gasteiger charge is 2.30. The van der Waals surface area contributed by atoms with E-state index >= 15 is 0 Å². The van der Waals surface area contributed by atoms with Crippen molar-refractivity contribution in [3.05, 3.63) is 165 Å². The van der Waals surface area contributed by atoms with Crippen LogP contribution in [0.1, 0.15) is 102 Å². The minimum Gasteiger partial charge on any atom is -0.476 e. The van der Waals surface area contributed by atoms with Crippen molar-refractivity contribution in [2.75, 3.05) is 27.2 Å². The lowest BCUT2D eigenvalue weighted by Crippen LogP contribution is -2.45. The fourth-order valence-corrected chi connectivity index (χ4v) is 10.2. The van der Waals surface area contributed by atoms with Gasteiger partial charge >= 0.3 is 11.7 Å². The number of nitrogens with one attached hydrogen (secondary N) is 1. The van der Waals surface area contributed by atoms with Crippen LogP contribution >= 0.6 is 0 Å². The highest BCUT2D eigenvalue weighted by Crippen LogP contribution is 2.32. The number of carbonyl (C=O) groups excluding carboxylic acids is 1. The maximum Gasteiger partial charge on any atom is 0.356 e. The Kier molecular flexibility index (Phi) is 11.8. The third-order valence-electron chi connectivity index (χ3n) is 13.7. The first kappa shape index (κ1) is 43.6. The first-order chi connectivity index (χ1) is 32.5. The van der Waals surface area contributed by atoms with Gasteiger partial charge in [0.2, 0.25) is 0 Å². The number of aromatic nitrogens is 7. The zero-order valence-electron chi connectivity index (χ0n) is 37.3. The topological polar surface area (TPSA) is 164 Å². The monoisotopic (exact) mass is 902 g/mol. The Balaban J connectivity index is 0.000000243. The quantitative estimate of drug-likeness (QED) is 0.156. The molecule has 2 atom stereocenters. The predicted octanol–water partition coefficient (Wildman–Crippen LogP) is 7.48. The van der Waals surface area contributed by atoms with E-state index in [1.54, 1.807) is 22.9 Å². The Morgan fingerprint density at radius 1 is 0.701 bits per heavy atom. The molecule has 1 aliphatic carbocycles. The number of halogens is 1. The number of aromatic carboxylic acids is 1. The molecule has 67 heavy (non-hydrogen) atoms. The summed E-state index contributed by atoms with van der Waals surface area (Å²) >= 11 is 0. The number of carbonyl (C=O) groups is 2. The molecule has 2 N–H and O–H groups in total. The first-order valence-electron chi connectivity index (χ1n) is 22.9. The molecule has 3 aliphatic rings. The van der Waals surface area contributed by atoms with Crippen molar-refractivity contribution in [2.45, 2.75) is 75.5 Å². The van der Waals surface area contributed by atoms with E-state index in [0.717, 1.165) is 49.3 Å². The van der Waals surface area contributed by atoms with Crippen molar-refractivity contribution >= 4 is 34.2 Å². The van der Waals surface area contributed by atoms with Gasteiger partial charge in [-0.3, -0.25) is 24.0 Å². The van der Waals surface area contributed by atoms with Crippen molar-refractivity contribution in [1.82, 2.24) is 48.0 Å². The van der Waals surface area contributed by atoms with E-state index in [-0.39, 0.29) is 28.7 Å². The lowest BCUT2D eigenvalue weighted by molar-refractivity contribution is 0.0691. The molecule has 2 saturated heterocycles. The van der Waals surface area contributed by atoms with Crippen LogP contribution in [0.3, 0.4) is 0 Å². The number of amides is 1. The average molecular weight is 903 g/mol. The third kappa shape index (κ3) is 8.65. The van der Waals surface area contributed by atoms with E-state index in [9.17, 15) is 23.6 Å². The molecule has 11 rings (SSSR count). The number of pyridine rings is 3. The number of hydrogen-bond acceptors (Lipinski definition) is 9. The molecule has 16 heteroatoms. The number of fused-ring (bicyclic) bond motifs is 3. The zero-order valence-corrected chi connectivity index (χ0v) is 37.3. The molecule has 342 valence electrons. The van der Waals surface area contributed by atoms with Gasteiger partial charge in [-0.05, 0) is 131 Å². The number of carboxylic acids is 1. The second-order valence-corrected chi connectivity index (χ2v) is 18.0. The van der Waals surface area contributed by atoms with Gasteiger partial charge in [-0.25, -0.2) is 33.5 Å². The average Bonchev–Trinajstić information content (AvgIpc) is 4.17. The molecule has 15 nitrogen and oxygen atoms in total. The van der Waals surface area contributed by atoms with Crippen molar-refractivity contribution in [2.24, 2.45) is 0 Å². The Hall–Kier alpha value is -7.30. The number of benzene rings is 2. The van der Waals surface area contributed by atoms with Crippen LogP contribution in [0.5, 0.6) is 0 Å². The normalized spacial score (nSPS) is 20.0. The molecule has 0 spiro atoms. The summed E-state index contributed by atoms with van der Waals surface area (Å²) in [4.78, 5) is 69.7. The summed E-state index contributed by atoms with van der Waals surface area (Å²) in [5, 5.41) is 12.1. The number of imidazole rings is 2. The van der Waals surface area contributed by atoms with E-state index in [2.05, 4.69) is 56.4 Å². The second-order valence-electron chi connectivity index (χ2n) is 18.0. The molecule has 0 bridgehead atoms. The third-order valence-corrected chi connectivity index (χ3v) is 13.7. The van der Waals surface area contributed by atoms with Crippen molar-refractivity contribution < 1.29 is 19.1 Å². The molecule has 0 radical (unpaired) electrons. The highest BCUT2D eigenvalue weighted by atomic mass is 19.1. The molecule has 1 amide bonds. The molecule has 1 saturated carbocycles. The van der Waals surface area contributed by atoms with Crippen LogP contribution in [-0.4, -0.2) is 92.9 Å². The number of likely N-dealkylation sites (tertiary alicyclic amines) is 2. The van der Waals surface area contributed by atoms with Crippen LogP contribution in [0.4, 0.5) is 4.39 Å². The minimum atomic E-state index is -0.988. The standard InChI is InChI=1S/C38H36FN7O3.C13H15N3O2/c1-43-18-6-11-33(43)26-12-17-34-42-32(23-44(34)22-26)36(47)41-28-13-15-29(16-14-28)46-37(48)31-20-27(39)21-40-35(31)45(38(46)49)30-10-5-9-25(19-30)24-7-3-2-4-8-24;1-15-6-2-3-11(15)9-4-5-12-14-10(13(17)18)8-16(12)7-9/h2-5,7-10,12,17,19-23,28-29,33H,6,11,13-16,18H2,1H3,(H,41,47);4-5,7-8,11H,2-3,6H2,1H3,(H,17,18). The maximum absolute atomic E-state index is 14.5. The SMILES string of the molecule is CN1CCCC1c1ccc2nc(C(=O)NC3CCC(n4c(=O)c5cc(F)cnc5n(-c5cccc(-c6ccccc6)c5)c4=O)CC3)cn2c1.CN1CCCC1c1ccc2nc(C(=O)O)cn2c1. The highest BCUT2D eigenvalue weighted by molar-refractivity contribution is 5.93. The fourth-order valence-electron chi connectivity index (χ4n) is 10.2. The van der Waals surface area contributed by atoms with Crippen molar-refractivity contribution in [3.63, 3.8) is 0 Å². The Morgan fingerprint density at radius 2 is 1.31 bits per heavy atom. The second kappa shape index (κ2) is 18.2. The molecule has 6 aromatic heterocycles. The number of nitrogens with zero attached hydrogens (tertiary/aromatic N) is 9. The lowest BCUT2D eigenvalue weighted by Gasteiger charge is -2.30. The summed E-state index contributed by atoms with van der Waals surface area (Å²) in [7, 11) is 4.26. The summed E-state index contributed by atoms with van der Waals surface area (Å²) in [6.45, 7) is 2.19. The lowest BCUT2D eigenvalue weighted by atomic mass is 9.90. The number of carboxylic acid groups (broad SMARTS) is 1. The van der Waals surface area contributed by atoms with E-state index in [1.165, 1.54) is 33.1 Å². The van der Waals surface area contributed by atoms with Crippen molar-refractivity contribution in [1.29, 1.82) is 0 Å². The van der Waals surface area contributed by atoms with Gasteiger partial charge < -0.3 is 19.2 Å². The Labute approximate surface area is 384 Å². The van der Waals surface area contributed by atoms with Gasteiger partial charge in [-0.15, -0.1) is 0 Å². The van der Waals surface area contributed by atoms with Crippen LogP contribution in [-0.2, 0) is 0 Å². The molecule has 2 aliphatic heterocycles. The van der Waals surface area contributed by atoms with E-state index in [4.69, 9.17) is 5.11 Å². The van der Waals surface area contributed by atoms with Gasteiger partial charge in [0.25, 0.3) is 11.5 Å².